The maximum absolute atomic E-state index is 12.1. The summed E-state index contributed by atoms with van der Waals surface area (Å²) < 4.78 is 0. The molecule has 2 radical (unpaired) electrons. The Balaban J connectivity index is 0. The zero-order valence-electron chi connectivity index (χ0n) is 26.4. The molecule has 7 nitrogen and oxygen atoms in total. The summed E-state index contributed by atoms with van der Waals surface area (Å²) in [4.78, 5) is 29.7. The van der Waals surface area contributed by atoms with Gasteiger partial charge in [-0.25, -0.2) is 0 Å². The van der Waals surface area contributed by atoms with Gasteiger partial charge in [-0.15, -0.1) is 0 Å². The third-order valence-corrected chi connectivity index (χ3v) is 7.23. The number of nitrogens with zero attached hydrogens (tertiary/aromatic N) is 5. The van der Waals surface area contributed by atoms with Gasteiger partial charge in [-0.1, -0.05) is 12.1 Å². The molecule has 0 aliphatic heterocycles. The van der Waals surface area contributed by atoms with Crippen molar-refractivity contribution in [2.75, 3.05) is 0 Å². The largest absolute Gasteiger partial charge is 1.00 e. The van der Waals surface area contributed by atoms with E-state index >= 15 is 0 Å². The zero-order valence-corrected chi connectivity index (χ0v) is 34.6. The fourth-order valence-corrected chi connectivity index (χ4v) is 5.20. The Bertz CT molecular complexity index is 1700. The van der Waals surface area contributed by atoms with Gasteiger partial charge in [0.1, 0.15) is 0 Å². The molecular weight excluding hydrogens is 969 g/mol. The van der Waals surface area contributed by atoms with Crippen molar-refractivity contribution in [2.45, 2.75) is 34.6 Å². The van der Waals surface area contributed by atoms with Crippen molar-refractivity contribution < 1.29 is 107 Å². The first kappa shape index (κ1) is 47.8. The molecule has 0 aliphatic carbocycles. The van der Waals surface area contributed by atoms with Crippen LogP contribution in [0, 0.1) is 44.7 Å². The number of aryl methyl sites for hydroxylation is 4. The molecular formula is C35H31Br4Cu2N5O2-4. The summed E-state index contributed by atoms with van der Waals surface area (Å²) in [5.41, 5.74) is 11.7. The molecule has 5 aromatic rings. The number of nitro benzene ring substituents is 1. The minimum absolute atomic E-state index is 0. The fraction of sp³-hybridized carbons (Fsp3) is 0.143. The molecule has 5 rings (SSSR count). The van der Waals surface area contributed by atoms with Crippen LogP contribution in [0.1, 0.15) is 39.2 Å². The maximum Gasteiger partial charge on any atom is 0.270 e. The maximum atomic E-state index is 12.1. The van der Waals surface area contributed by atoms with E-state index in [2.05, 4.69) is 9.97 Å². The predicted octanol–water partition coefficient (Wildman–Crippen LogP) is -3.23. The average Bonchev–Trinajstić information content (AvgIpc) is 2.97. The van der Waals surface area contributed by atoms with Crippen LogP contribution in [0.15, 0.2) is 95.2 Å². The van der Waals surface area contributed by atoms with Gasteiger partial charge in [0.05, 0.1) is 40.1 Å². The molecule has 2 heterocycles. The summed E-state index contributed by atoms with van der Waals surface area (Å²) in [5, 5.41) is 12.1. The van der Waals surface area contributed by atoms with Gasteiger partial charge in [-0.2, -0.15) is 0 Å². The quantitative estimate of drug-likeness (QED) is 0.0744. The first-order valence-electron chi connectivity index (χ1n) is 13.6. The SMILES string of the molecule is Cc1cc(-c2cc([N+](=O)[O-])cc(-c3cc(C)c(N=Cc4ccccn4)c(C)c3)c2C)cc(C)c1N=Cc1ccccn1.[Br-].[Br-].[Br-].[Br-].[Cu].[Cu]. The Morgan fingerprint density at radius 2 is 0.958 bits per heavy atom. The van der Waals surface area contributed by atoms with E-state index < -0.39 is 0 Å². The van der Waals surface area contributed by atoms with Crippen LogP contribution >= 0.6 is 0 Å². The summed E-state index contributed by atoms with van der Waals surface area (Å²) in [5.74, 6) is 0. The molecule has 0 amide bonds. The molecule has 0 spiro atoms. The van der Waals surface area contributed by atoms with Crippen molar-refractivity contribution in [3.63, 3.8) is 0 Å². The summed E-state index contributed by atoms with van der Waals surface area (Å²) in [6.07, 6.45) is 6.97. The molecule has 0 fully saturated rings. The fourth-order valence-electron chi connectivity index (χ4n) is 5.20. The first-order chi connectivity index (χ1) is 20.2. The van der Waals surface area contributed by atoms with E-state index in [4.69, 9.17) is 9.98 Å². The van der Waals surface area contributed by atoms with Crippen LogP contribution in [-0.2, 0) is 34.1 Å². The molecule has 0 saturated carbocycles. The zero-order chi connectivity index (χ0) is 29.8. The van der Waals surface area contributed by atoms with Gasteiger partial charge in [0.2, 0.25) is 0 Å². The van der Waals surface area contributed by atoms with Crippen molar-refractivity contribution in [2.24, 2.45) is 9.98 Å². The third kappa shape index (κ3) is 11.4. The molecule has 262 valence electrons. The average molecular weight is 1000 g/mol. The van der Waals surface area contributed by atoms with Crippen molar-refractivity contribution in [3.05, 3.63) is 135 Å². The predicted molar refractivity (Wildman–Crippen MR) is 171 cm³/mol. The third-order valence-electron chi connectivity index (χ3n) is 7.23. The van der Waals surface area contributed by atoms with Gasteiger partial charge >= 0.3 is 0 Å². The smallest absolute Gasteiger partial charge is 0.270 e. The Morgan fingerprint density at radius 3 is 1.25 bits per heavy atom. The number of pyridine rings is 2. The van der Waals surface area contributed by atoms with Gasteiger partial charge in [0, 0.05) is 58.7 Å². The minimum atomic E-state index is -0.330. The normalized spacial score (nSPS) is 10.0. The van der Waals surface area contributed by atoms with E-state index in [-0.39, 0.29) is 113 Å². The molecule has 13 heteroatoms. The van der Waals surface area contributed by atoms with E-state index in [1.165, 1.54) is 0 Å². The molecule has 3 aromatic carbocycles. The van der Waals surface area contributed by atoms with Gasteiger partial charge < -0.3 is 67.9 Å². The van der Waals surface area contributed by atoms with E-state index in [1.54, 1.807) is 37.0 Å². The summed E-state index contributed by atoms with van der Waals surface area (Å²) >= 11 is 0. The molecule has 0 saturated heterocycles. The van der Waals surface area contributed by atoms with Crippen LogP contribution in [0.3, 0.4) is 0 Å². The topological polar surface area (TPSA) is 93.6 Å². The molecule has 0 aliphatic rings. The molecule has 0 unspecified atom stereocenters. The second kappa shape index (κ2) is 21.7. The van der Waals surface area contributed by atoms with Crippen LogP contribution in [-0.4, -0.2) is 27.3 Å². The molecule has 48 heavy (non-hydrogen) atoms. The van der Waals surface area contributed by atoms with Crippen molar-refractivity contribution >= 4 is 29.5 Å². The van der Waals surface area contributed by atoms with Crippen molar-refractivity contribution in [1.29, 1.82) is 0 Å². The number of aromatic nitrogens is 2. The van der Waals surface area contributed by atoms with Crippen molar-refractivity contribution in [3.8, 4) is 22.3 Å². The van der Waals surface area contributed by atoms with Gasteiger partial charge in [0.25, 0.3) is 5.69 Å². The van der Waals surface area contributed by atoms with E-state index in [1.807, 2.05) is 95.3 Å². The van der Waals surface area contributed by atoms with E-state index in [9.17, 15) is 10.1 Å². The molecule has 0 N–H and O–H groups in total. The second-order valence-electron chi connectivity index (χ2n) is 10.4. The minimum Gasteiger partial charge on any atom is -1.00 e. The number of hydrogen-bond donors (Lipinski definition) is 0. The van der Waals surface area contributed by atoms with Gasteiger partial charge in [-0.05, 0) is 133 Å². The first-order valence-corrected chi connectivity index (χ1v) is 13.6. The molecule has 0 bridgehead atoms. The summed E-state index contributed by atoms with van der Waals surface area (Å²) in [6, 6.07) is 22.9. The number of hydrogen-bond acceptors (Lipinski definition) is 6. The number of rotatable bonds is 7. The van der Waals surface area contributed by atoms with Crippen LogP contribution in [0.4, 0.5) is 17.1 Å². The number of aliphatic imine (C=N–C) groups is 2. The Morgan fingerprint density at radius 1 is 0.604 bits per heavy atom. The number of non-ortho nitro benzene ring substituents is 1. The Kier molecular flexibility index (Phi) is 21.6. The van der Waals surface area contributed by atoms with Crippen LogP contribution < -0.4 is 67.9 Å². The van der Waals surface area contributed by atoms with Gasteiger partial charge in [-0.3, -0.25) is 30.1 Å². The summed E-state index contributed by atoms with van der Waals surface area (Å²) in [7, 11) is 0. The summed E-state index contributed by atoms with van der Waals surface area (Å²) in [6.45, 7) is 10.0. The second-order valence-corrected chi connectivity index (χ2v) is 10.4. The number of benzene rings is 3. The van der Waals surface area contributed by atoms with Gasteiger partial charge in [0.15, 0.2) is 0 Å². The Hall–Kier alpha value is -2.34. The molecule has 0 atom stereocenters. The Labute approximate surface area is 344 Å². The standard InChI is InChI=1S/C35H31N5O2.4BrH.2Cu/c1-22-14-27(15-23(2)34(22)38-20-29-10-6-8-12-36-29)32-18-31(40(41)42)19-33(26(32)5)28-16-24(3)35(25(4)17-28)39-21-30-11-7-9-13-37-30;;;;;;/h6-21H,1-5H3;4*1H;;/p-4. The number of halogens is 4. The van der Waals surface area contributed by atoms with Crippen molar-refractivity contribution in [1.82, 2.24) is 9.97 Å². The van der Waals surface area contributed by atoms with Crippen LogP contribution in [0.2, 0.25) is 0 Å². The number of nitro groups is 1. The molecule has 2 aromatic heterocycles. The van der Waals surface area contributed by atoms with Crippen LogP contribution in [0.25, 0.3) is 22.3 Å². The van der Waals surface area contributed by atoms with Crippen LogP contribution in [0.5, 0.6) is 0 Å². The monoisotopic (exact) mass is 995 g/mol. The van der Waals surface area contributed by atoms with E-state index in [0.29, 0.717) is 0 Å². The van der Waals surface area contributed by atoms with E-state index in [0.717, 1.165) is 72.8 Å².